The first-order valence-corrected chi connectivity index (χ1v) is 6.31. The Balaban J connectivity index is 1.95. The van der Waals surface area contributed by atoms with Gasteiger partial charge in [-0.3, -0.25) is 0 Å². The predicted octanol–water partition coefficient (Wildman–Crippen LogP) is 1.76. The van der Waals surface area contributed by atoms with Crippen LogP contribution < -0.4 is 11.1 Å². The summed E-state index contributed by atoms with van der Waals surface area (Å²) in [5, 5.41) is 3.46. The van der Waals surface area contributed by atoms with Crippen LogP contribution in [-0.2, 0) is 0 Å². The fourth-order valence-electron chi connectivity index (χ4n) is 1.88. The van der Waals surface area contributed by atoms with E-state index in [0.717, 1.165) is 35.1 Å². The molecule has 1 fully saturated rings. The summed E-state index contributed by atoms with van der Waals surface area (Å²) in [6, 6.07) is 0.917. The summed E-state index contributed by atoms with van der Waals surface area (Å²) < 4.78 is 1.07. The van der Waals surface area contributed by atoms with E-state index in [-0.39, 0.29) is 0 Å². The van der Waals surface area contributed by atoms with E-state index in [0.29, 0.717) is 12.1 Å². The monoisotopic (exact) mass is 318 g/mol. The highest BCUT2D eigenvalue weighted by atomic mass is 127. The molecular formula is C10H15IN4. The van der Waals surface area contributed by atoms with E-state index in [4.69, 9.17) is 5.73 Å². The van der Waals surface area contributed by atoms with Crippen molar-refractivity contribution < 1.29 is 0 Å². The average molecular weight is 318 g/mol. The van der Waals surface area contributed by atoms with E-state index in [9.17, 15) is 0 Å². The Morgan fingerprint density at radius 1 is 1.33 bits per heavy atom. The van der Waals surface area contributed by atoms with Crippen LogP contribution in [0.25, 0.3) is 0 Å². The van der Waals surface area contributed by atoms with Gasteiger partial charge in [0.1, 0.15) is 12.1 Å². The van der Waals surface area contributed by atoms with Gasteiger partial charge in [-0.2, -0.15) is 0 Å². The highest BCUT2D eigenvalue weighted by molar-refractivity contribution is 14.1. The Labute approximate surface area is 103 Å². The molecule has 3 N–H and O–H groups in total. The van der Waals surface area contributed by atoms with Gasteiger partial charge < -0.3 is 11.1 Å². The number of hydrogen-bond acceptors (Lipinski definition) is 4. The quantitative estimate of drug-likeness (QED) is 0.816. The van der Waals surface area contributed by atoms with Crippen molar-refractivity contribution in [2.45, 2.75) is 37.8 Å². The Morgan fingerprint density at radius 3 is 2.73 bits per heavy atom. The minimum Gasteiger partial charge on any atom is -0.366 e. The lowest BCUT2D eigenvalue weighted by Crippen LogP contribution is -2.33. The smallest absolute Gasteiger partial charge is 0.143 e. The molecular weight excluding hydrogens is 303 g/mol. The Bertz CT molecular complexity index is 323. The number of nitrogens with zero attached hydrogens (tertiary/aromatic N) is 2. The van der Waals surface area contributed by atoms with E-state index in [2.05, 4.69) is 37.9 Å². The summed E-state index contributed by atoms with van der Waals surface area (Å²) >= 11 is 2.25. The number of nitrogens with one attached hydrogen (secondary N) is 1. The van der Waals surface area contributed by atoms with Crippen LogP contribution >= 0.6 is 22.6 Å². The first-order valence-electron chi connectivity index (χ1n) is 5.23. The highest BCUT2D eigenvalue weighted by Crippen LogP contribution is 2.22. The second-order valence-corrected chi connectivity index (χ2v) is 5.14. The molecule has 2 rings (SSSR count). The molecule has 1 aromatic rings. The fourth-order valence-corrected chi connectivity index (χ4v) is 2.33. The number of hydrogen-bond donors (Lipinski definition) is 2. The summed E-state index contributed by atoms with van der Waals surface area (Å²) in [6.07, 6.45) is 7.91. The third-order valence-corrected chi connectivity index (χ3v) is 3.57. The molecule has 15 heavy (non-hydrogen) atoms. The maximum atomic E-state index is 5.87. The van der Waals surface area contributed by atoms with Crippen molar-refractivity contribution in [2.75, 3.05) is 5.32 Å². The molecule has 0 aromatic carbocycles. The summed E-state index contributed by atoms with van der Waals surface area (Å²) in [7, 11) is 0. The number of nitrogens with two attached hydrogens (primary N) is 1. The lowest BCUT2D eigenvalue weighted by molar-refractivity contribution is 0.410. The molecule has 0 bridgehead atoms. The molecule has 0 unspecified atom stereocenters. The second kappa shape index (κ2) is 5.07. The largest absolute Gasteiger partial charge is 0.366 e. The number of rotatable bonds is 2. The van der Waals surface area contributed by atoms with Gasteiger partial charge in [0.05, 0.1) is 3.57 Å². The zero-order valence-electron chi connectivity index (χ0n) is 8.49. The van der Waals surface area contributed by atoms with E-state index in [1.165, 1.54) is 0 Å². The molecule has 0 atom stereocenters. The molecule has 0 saturated heterocycles. The topological polar surface area (TPSA) is 63.8 Å². The zero-order valence-corrected chi connectivity index (χ0v) is 10.6. The number of anilines is 1. The maximum Gasteiger partial charge on any atom is 0.143 e. The summed E-state index contributed by atoms with van der Waals surface area (Å²) in [4.78, 5) is 8.20. The van der Waals surface area contributed by atoms with Crippen molar-refractivity contribution >= 4 is 28.4 Å². The van der Waals surface area contributed by atoms with Crippen LogP contribution in [0.15, 0.2) is 12.5 Å². The first kappa shape index (κ1) is 11.1. The van der Waals surface area contributed by atoms with Gasteiger partial charge >= 0.3 is 0 Å². The molecule has 0 spiro atoms. The van der Waals surface area contributed by atoms with E-state index >= 15 is 0 Å². The van der Waals surface area contributed by atoms with Crippen LogP contribution in [0.4, 0.5) is 5.82 Å². The van der Waals surface area contributed by atoms with Gasteiger partial charge in [-0.05, 0) is 48.3 Å². The lowest BCUT2D eigenvalue weighted by atomic mass is 9.92. The maximum absolute atomic E-state index is 5.87. The normalized spacial score (nSPS) is 26.3. The third kappa shape index (κ3) is 3.01. The lowest BCUT2D eigenvalue weighted by Gasteiger charge is -2.27. The number of aromatic nitrogens is 2. The van der Waals surface area contributed by atoms with Gasteiger partial charge in [0.25, 0.3) is 0 Å². The van der Waals surface area contributed by atoms with Crippen molar-refractivity contribution in [3.8, 4) is 0 Å². The molecule has 1 aromatic heterocycles. The van der Waals surface area contributed by atoms with Crippen LogP contribution in [0.1, 0.15) is 25.7 Å². The molecule has 4 nitrogen and oxygen atoms in total. The minimum atomic E-state index is 0.396. The van der Waals surface area contributed by atoms with Gasteiger partial charge in [0.2, 0.25) is 0 Å². The SMILES string of the molecule is NC1CCC(Nc2ncncc2I)CC1. The molecule has 0 aliphatic heterocycles. The van der Waals surface area contributed by atoms with Crippen LogP contribution in [0, 0.1) is 3.57 Å². The van der Waals surface area contributed by atoms with Crippen LogP contribution in [0.2, 0.25) is 0 Å². The molecule has 1 aliphatic rings. The van der Waals surface area contributed by atoms with Crippen molar-refractivity contribution in [1.29, 1.82) is 0 Å². The predicted molar refractivity (Wildman–Crippen MR) is 68.6 cm³/mol. The van der Waals surface area contributed by atoms with E-state index in [1.807, 2.05) is 6.20 Å². The second-order valence-electron chi connectivity index (χ2n) is 3.98. The Kier molecular flexibility index (Phi) is 3.74. The molecule has 5 heteroatoms. The molecule has 0 radical (unpaired) electrons. The Hall–Kier alpha value is -0.430. The standard InChI is InChI=1S/C10H15IN4/c11-9-5-13-6-14-10(9)15-8-3-1-7(12)2-4-8/h5-8H,1-4,12H2,(H,13,14,15). The highest BCUT2D eigenvalue weighted by Gasteiger charge is 2.19. The summed E-state index contributed by atoms with van der Waals surface area (Å²) in [5.74, 6) is 0.950. The molecule has 0 amide bonds. The van der Waals surface area contributed by atoms with Crippen molar-refractivity contribution in [3.63, 3.8) is 0 Å². The van der Waals surface area contributed by atoms with Crippen molar-refractivity contribution in [1.82, 2.24) is 9.97 Å². The average Bonchev–Trinajstić information content (AvgIpc) is 2.25. The van der Waals surface area contributed by atoms with Gasteiger partial charge in [-0.15, -0.1) is 0 Å². The third-order valence-electron chi connectivity index (χ3n) is 2.78. The van der Waals surface area contributed by atoms with Gasteiger partial charge in [-0.1, -0.05) is 0 Å². The first-order chi connectivity index (χ1) is 7.25. The molecule has 1 heterocycles. The minimum absolute atomic E-state index is 0.396. The van der Waals surface area contributed by atoms with Crippen LogP contribution in [0.5, 0.6) is 0 Å². The fraction of sp³-hybridized carbons (Fsp3) is 0.600. The van der Waals surface area contributed by atoms with Crippen LogP contribution in [0.3, 0.4) is 0 Å². The molecule has 1 saturated carbocycles. The Morgan fingerprint density at radius 2 is 2.07 bits per heavy atom. The summed E-state index contributed by atoms with van der Waals surface area (Å²) in [6.45, 7) is 0. The van der Waals surface area contributed by atoms with Gasteiger partial charge in [-0.25, -0.2) is 9.97 Å². The van der Waals surface area contributed by atoms with E-state index in [1.54, 1.807) is 6.33 Å². The van der Waals surface area contributed by atoms with Crippen LogP contribution in [-0.4, -0.2) is 22.1 Å². The van der Waals surface area contributed by atoms with Gasteiger partial charge in [0, 0.05) is 18.3 Å². The molecule has 1 aliphatic carbocycles. The van der Waals surface area contributed by atoms with Gasteiger partial charge in [0.15, 0.2) is 0 Å². The molecule has 82 valence electrons. The zero-order chi connectivity index (χ0) is 10.7. The van der Waals surface area contributed by atoms with Crippen molar-refractivity contribution in [2.24, 2.45) is 5.73 Å². The van der Waals surface area contributed by atoms with Crippen molar-refractivity contribution in [3.05, 3.63) is 16.1 Å². The summed E-state index contributed by atoms with van der Waals surface area (Å²) in [5.41, 5.74) is 5.87. The van der Waals surface area contributed by atoms with E-state index < -0.39 is 0 Å². The number of halogens is 1.